The van der Waals surface area contributed by atoms with Crippen LogP contribution in [0.2, 0.25) is 0 Å². The topological polar surface area (TPSA) is 41.7 Å². The number of nitrogens with zero attached hydrogens (tertiary/aromatic N) is 2. The normalized spacial score (nSPS) is 9.70. The zero-order valence-corrected chi connectivity index (χ0v) is 6.17. The number of hydrogen-bond acceptors (Lipinski definition) is 2. The van der Waals surface area contributed by atoms with Gasteiger partial charge in [-0.2, -0.15) is 0 Å². The Morgan fingerprint density at radius 2 is 2.50 bits per heavy atom. The smallest absolute Gasteiger partial charge is 0.221 e. The lowest BCUT2D eigenvalue weighted by atomic mass is 10.6. The van der Waals surface area contributed by atoms with E-state index in [1.54, 1.807) is 23.0 Å². The Balaban J connectivity index is 2.92. The fourth-order valence-corrected chi connectivity index (χ4v) is 0.854. The van der Waals surface area contributed by atoms with Crippen molar-refractivity contribution in [3.63, 3.8) is 0 Å². The summed E-state index contributed by atoms with van der Waals surface area (Å²) in [6.45, 7) is 0.647. The van der Waals surface area contributed by atoms with Crippen LogP contribution >= 0.6 is 11.6 Å². The van der Waals surface area contributed by atoms with Crippen LogP contribution in [0.5, 0.6) is 0 Å². The zero-order valence-electron chi connectivity index (χ0n) is 5.42. The molecule has 0 spiro atoms. The van der Waals surface area contributed by atoms with Crippen LogP contribution in [0.25, 0.3) is 0 Å². The minimum absolute atomic E-state index is 0.253. The van der Waals surface area contributed by atoms with Crippen molar-refractivity contribution in [3.8, 4) is 0 Å². The lowest BCUT2D eigenvalue weighted by molar-refractivity contribution is 0.673. The van der Waals surface area contributed by atoms with Gasteiger partial charge in [-0.05, 0) is 6.07 Å². The van der Waals surface area contributed by atoms with Gasteiger partial charge in [-0.25, -0.2) is 4.98 Å². The van der Waals surface area contributed by atoms with E-state index in [2.05, 4.69) is 4.98 Å². The van der Waals surface area contributed by atoms with Crippen LogP contribution in [-0.2, 0) is 6.54 Å². The Bertz CT molecular complexity index is 255. The van der Waals surface area contributed by atoms with Crippen molar-refractivity contribution in [2.45, 2.75) is 6.54 Å². The maximum absolute atomic E-state index is 7.27. The van der Waals surface area contributed by atoms with Gasteiger partial charge in [-0.1, -0.05) is 0 Å². The van der Waals surface area contributed by atoms with Crippen molar-refractivity contribution in [3.05, 3.63) is 24.1 Å². The molecule has 1 rings (SSSR count). The van der Waals surface area contributed by atoms with E-state index in [0.29, 0.717) is 12.4 Å². The number of alkyl halides is 1. The van der Waals surface area contributed by atoms with Crippen LogP contribution in [0.4, 0.5) is 0 Å². The first-order chi connectivity index (χ1) is 4.84. The SMILES string of the molecule is N=c1ncccn1CCCl. The van der Waals surface area contributed by atoms with E-state index in [1.807, 2.05) is 0 Å². The highest BCUT2D eigenvalue weighted by Gasteiger charge is 1.87. The molecule has 0 saturated heterocycles. The first kappa shape index (κ1) is 7.28. The molecule has 0 aliphatic rings. The number of aromatic nitrogens is 2. The van der Waals surface area contributed by atoms with Crippen molar-refractivity contribution in [2.24, 2.45) is 0 Å². The Morgan fingerprint density at radius 3 is 3.10 bits per heavy atom. The molecule has 54 valence electrons. The number of rotatable bonds is 2. The molecule has 1 aromatic heterocycles. The zero-order chi connectivity index (χ0) is 7.40. The summed E-state index contributed by atoms with van der Waals surface area (Å²) in [7, 11) is 0. The molecule has 1 heterocycles. The van der Waals surface area contributed by atoms with Gasteiger partial charge in [-0.3, -0.25) is 5.41 Å². The van der Waals surface area contributed by atoms with Crippen molar-refractivity contribution < 1.29 is 0 Å². The van der Waals surface area contributed by atoms with Gasteiger partial charge in [0.25, 0.3) is 0 Å². The molecule has 3 nitrogen and oxygen atoms in total. The highest BCUT2D eigenvalue weighted by Crippen LogP contribution is 1.81. The molecule has 0 bridgehead atoms. The van der Waals surface area contributed by atoms with Gasteiger partial charge >= 0.3 is 0 Å². The third kappa shape index (κ3) is 1.57. The molecule has 0 atom stereocenters. The highest BCUT2D eigenvalue weighted by molar-refractivity contribution is 6.17. The van der Waals surface area contributed by atoms with Crippen LogP contribution in [0, 0.1) is 5.41 Å². The summed E-state index contributed by atoms with van der Waals surface area (Å²) in [5.74, 6) is 0.516. The molecule has 0 amide bonds. The van der Waals surface area contributed by atoms with E-state index in [4.69, 9.17) is 17.0 Å². The molecular weight excluding hydrogens is 150 g/mol. The fourth-order valence-electron chi connectivity index (χ4n) is 0.672. The predicted molar refractivity (Wildman–Crippen MR) is 38.8 cm³/mol. The minimum Gasteiger partial charge on any atom is -0.316 e. The third-order valence-corrected chi connectivity index (χ3v) is 1.32. The van der Waals surface area contributed by atoms with Gasteiger partial charge in [0.2, 0.25) is 5.62 Å². The largest absolute Gasteiger partial charge is 0.316 e. The number of hydrogen-bond donors (Lipinski definition) is 1. The molecule has 4 heteroatoms. The van der Waals surface area contributed by atoms with Gasteiger partial charge in [0.15, 0.2) is 0 Å². The monoisotopic (exact) mass is 157 g/mol. The Labute approximate surface area is 63.8 Å². The summed E-state index contributed by atoms with van der Waals surface area (Å²) in [5, 5.41) is 7.27. The van der Waals surface area contributed by atoms with E-state index in [1.165, 1.54) is 0 Å². The van der Waals surface area contributed by atoms with Crippen LogP contribution in [0.3, 0.4) is 0 Å². The molecule has 0 aromatic carbocycles. The minimum atomic E-state index is 0.253. The van der Waals surface area contributed by atoms with Crippen molar-refractivity contribution in [2.75, 3.05) is 5.88 Å². The molecular formula is C6H8ClN3. The van der Waals surface area contributed by atoms with Crippen LogP contribution in [0.15, 0.2) is 18.5 Å². The van der Waals surface area contributed by atoms with Gasteiger partial charge in [-0.15, -0.1) is 11.6 Å². The molecule has 10 heavy (non-hydrogen) atoms. The van der Waals surface area contributed by atoms with Crippen LogP contribution in [0.1, 0.15) is 0 Å². The fraction of sp³-hybridized carbons (Fsp3) is 0.333. The molecule has 1 N–H and O–H groups in total. The molecule has 0 unspecified atom stereocenters. The molecule has 0 aliphatic heterocycles. The lowest BCUT2D eigenvalue weighted by Crippen LogP contribution is -2.22. The van der Waals surface area contributed by atoms with Gasteiger partial charge in [0, 0.05) is 24.8 Å². The lowest BCUT2D eigenvalue weighted by Gasteiger charge is -1.99. The predicted octanol–water partition coefficient (Wildman–Crippen LogP) is 0.601. The summed E-state index contributed by atoms with van der Waals surface area (Å²) in [6.07, 6.45) is 3.38. The first-order valence-electron chi connectivity index (χ1n) is 2.96. The summed E-state index contributed by atoms with van der Waals surface area (Å²) in [4.78, 5) is 3.77. The molecule has 0 aliphatic carbocycles. The second-order valence-electron chi connectivity index (χ2n) is 1.83. The van der Waals surface area contributed by atoms with Gasteiger partial charge < -0.3 is 4.57 Å². The average Bonchev–Trinajstić information content (AvgIpc) is 1.94. The Kier molecular flexibility index (Phi) is 2.45. The maximum atomic E-state index is 7.27. The van der Waals surface area contributed by atoms with Crippen LogP contribution < -0.4 is 5.62 Å². The maximum Gasteiger partial charge on any atom is 0.221 e. The first-order valence-corrected chi connectivity index (χ1v) is 3.50. The van der Waals surface area contributed by atoms with E-state index >= 15 is 0 Å². The third-order valence-electron chi connectivity index (χ3n) is 1.15. The second kappa shape index (κ2) is 3.37. The van der Waals surface area contributed by atoms with E-state index in [-0.39, 0.29) is 5.62 Å². The number of halogens is 1. The average molecular weight is 158 g/mol. The quantitative estimate of drug-likeness (QED) is 0.628. The standard InChI is InChI=1S/C6H8ClN3/c7-2-5-10-4-1-3-9-6(10)8/h1,3-4,8H,2,5H2. The Morgan fingerprint density at radius 1 is 1.70 bits per heavy atom. The molecule has 1 aromatic rings. The Hall–Kier alpha value is -0.830. The second-order valence-corrected chi connectivity index (χ2v) is 2.20. The number of nitrogens with one attached hydrogen (secondary N) is 1. The summed E-state index contributed by atoms with van der Waals surface area (Å²) < 4.78 is 1.69. The highest BCUT2D eigenvalue weighted by atomic mass is 35.5. The van der Waals surface area contributed by atoms with Gasteiger partial charge in [0.1, 0.15) is 0 Å². The molecule has 0 fully saturated rings. The van der Waals surface area contributed by atoms with Crippen molar-refractivity contribution >= 4 is 11.6 Å². The molecule has 0 saturated carbocycles. The van der Waals surface area contributed by atoms with E-state index < -0.39 is 0 Å². The summed E-state index contributed by atoms with van der Waals surface area (Å²) in [6, 6.07) is 1.78. The van der Waals surface area contributed by atoms with Gasteiger partial charge in [0.05, 0.1) is 0 Å². The van der Waals surface area contributed by atoms with E-state index in [0.717, 1.165) is 0 Å². The van der Waals surface area contributed by atoms with Crippen LogP contribution in [-0.4, -0.2) is 15.4 Å². The summed E-state index contributed by atoms with van der Waals surface area (Å²) >= 11 is 5.48. The van der Waals surface area contributed by atoms with E-state index in [9.17, 15) is 0 Å². The van der Waals surface area contributed by atoms with Crippen molar-refractivity contribution in [1.82, 2.24) is 9.55 Å². The molecule has 0 radical (unpaired) electrons. The number of aryl methyl sites for hydroxylation is 1. The summed E-state index contributed by atoms with van der Waals surface area (Å²) in [5.41, 5.74) is 0.253. The van der Waals surface area contributed by atoms with Crippen molar-refractivity contribution in [1.29, 1.82) is 5.41 Å².